The van der Waals surface area contributed by atoms with Gasteiger partial charge in [-0.3, -0.25) is 0 Å². The average molecular weight is 446 g/mol. The predicted octanol–water partition coefficient (Wildman–Crippen LogP) is 9.08. The first-order chi connectivity index (χ1) is 15.2. The summed E-state index contributed by atoms with van der Waals surface area (Å²) in [6, 6.07) is 11.1. The molecule has 0 amide bonds. The number of halogens is 1. The van der Waals surface area contributed by atoms with Crippen LogP contribution >= 0.6 is 22.9 Å². The Balaban J connectivity index is 0.00000112. The van der Waals surface area contributed by atoms with Crippen molar-refractivity contribution in [1.29, 1.82) is 0 Å². The topological polar surface area (TPSA) is 12.0 Å². The van der Waals surface area contributed by atoms with Crippen molar-refractivity contribution in [2.24, 2.45) is 0 Å². The van der Waals surface area contributed by atoms with Crippen molar-refractivity contribution in [3.63, 3.8) is 0 Å². The zero-order chi connectivity index (χ0) is 22.0. The normalized spacial score (nSPS) is 14.5. The van der Waals surface area contributed by atoms with E-state index in [0.717, 1.165) is 30.6 Å². The summed E-state index contributed by atoms with van der Waals surface area (Å²) in [5.41, 5.74) is 8.96. The van der Waals surface area contributed by atoms with Gasteiger partial charge in [0.05, 0.1) is 21.1 Å². The van der Waals surface area contributed by atoms with Crippen LogP contribution in [0.4, 0.5) is 5.69 Å². The second kappa shape index (κ2) is 9.30. The number of rotatable bonds is 4. The van der Waals surface area contributed by atoms with Crippen LogP contribution < -0.4 is 5.32 Å². The Morgan fingerprint density at radius 3 is 2.77 bits per heavy atom. The highest BCUT2D eigenvalue weighted by molar-refractivity contribution is 7.20. The van der Waals surface area contributed by atoms with Crippen LogP contribution in [0.2, 0.25) is 0 Å². The molecular weight excluding hydrogens is 418 g/mol. The lowest BCUT2D eigenvalue weighted by Gasteiger charge is -2.14. The van der Waals surface area contributed by atoms with Crippen LogP contribution in [0.3, 0.4) is 0 Å². The van der Waals surface area contributed by atoms with Crippen LogP contribution in [0.15, 0.2) is 71.9 Å². The second-order valence-corrected chi connectivity index (χ2v) is 8.97. The molecule has 2 aliphatic carbocycles. The summed E-state index contributed by atoms with van der Waals surface area (Å²) in [6.45, 7) is 9.84. The van der Waals surface area contributed by atoms with Crippen molar-refractivity contribution in [2.45, 2.75) is 40.0 Å². The Bertz CT molecular complexity index is 1240. The summed E-state index contributed by atoms with van der Waals surface area (Å²) < 4.78 is 1.32. The molecule has 5 rings (SSSR count). The molecule has 0 saturated carbocycles. The van der Waals surface area contributed by atoms with E-state index >= 15 is 0 Å². The Hall–Kier alpha value is -2.55. The number of thiophene rings is 1. The van der Waals surface area contributed by atoms with E-state index in [-0.39, 0.29) is 0 Å². The molecule has 1 N–H and O–H groups in total. The summed E-state index contributed by atoms with van der Waals surface area (Å²) in [5, 5.41) is 5.65. The standard InChI is InChI=1S/C26H22ClNS.C2H6/c1-3-9-22(21(27)4-2)28-23-15-19-17-11-6-5-10-16(17)14-20(19)25-18-12-7-8-13-24(18)29-26(23)25;1-2/h3-7,9-12,15,28H,2,8,13-14H2,1H3;1-2H3/b9-3-,22-21-;. The third kappa shape index (κ3) is 3.79. The van der Waals surface area contributed by atoms with Crippen LogP contribution in [-0.4, -0.2) is 0 Å². The van der Waals surface area contributed by atoms with Gasteiger partial charge in [-0.15, -0.1) is 11.3 Å². The predicted molar refractivity (Wildman–Crippen MR) is 140 cm³/mol. The molecule has 158 valence electrons. The van der Waals surface area contributed by atoms with Crippen LogP contribution in [-0.2, 0) is 12.8 Å². The molecule has 2 aromatic carbocycles. The molecule has 0 radical (unpaired) electrons. The minimum atomic E-state index is 0.623. The van der Waals surface area contributed by atoms with Crippen molar-refractivity contribution >= 4 is 44.8 Å². The van der Waals surface area contributed by atoms with Gasteiger partial charge >= 0.3 is 0 Å². The van der Waals surface area contributed by atoms with Gasteiger partial charge in [0.2, 0.25) is 0 Å². The first-order valence-electron chi connectivity index (χ1n) is 11.0. The van der Waals surface area contributed by atoms with Gasteiger partial charge in [0.1, 0.15) is 0 Å². The number of benzene rings is 2. The second-order valence-electron chi connectivity index (χ2n) is 7.46. The van der Waals surface area contributed by atoms with Crippen LogP contribution in [0, 0.1) is 0 Å². The lowest BCUT2D eigenvalue weighted by Crippen LogP contribution is -2.00. The zero-order valence-electron chi connectivity index (χ0n) is 18.4. The molecule has 0 aliphatic heterocycles. The number of nitrogens with one attached hydrogen (secondary N) is 1. The van der Waals surface area contributed by atoms with Crippen LogP contribution in [0.1, 0.15) is 48.8 Å². The molecule has 0 unspecified atom stereocenters. The van der Waals surface area contributed by atoms with Gasteiger partial charge in [-0.05, 0) is 72.2 Å². The van der Waals surface area contributed by atoms with E-state index in [2.05, 4.69) is 54.4 Å². The summed E-state index contributed by atoms with van der Waals surface area (Å²) in [5.74, 6) is 0. The Kier molecular flexibility index (Phi) is 6.50. The largest absolute Gasteiger partial charge is 0.353 e. The number of aryl methyl sites for hydroxylation is 1. The summed E-state index contributed by atoms with van der Waals surface area (Å²) in [6.07, 6.45) is 13.6. The maximum Gasteiger partial charge on any atom is 0.0634 e. The van der Waals surface area contributed by atoms with Crippen molar-refractivity contribution in [3.05, 3.63) is 93.5 Å². The minimum absolute atomic E-state index is 0.623. The first-order valence-corrected chi connectivity index (χ1v) is 12.2. The maximum absolute atomic E-state index is 6.45. The third-order valence-electron chi connectivity index (χ3n) is 5.72. The smallest absolute Gasteiger partial charge is 0.0634 e. The molecule has 1 aromatic heterocycles. The average Bonchev–Trinajstić information content (AvgIpc) is 3.38. The van der Waals surface area contributed by atoms with Crippen molar-refractivity contribution in [3.8, 4) is 11.1 Å². The molecule has 0 bridgehead atoms. The number of allylic oxidation sites excluding steroid dienone is 5. The summed E-state index contributed by atoms with van der Waals surface area (Å²) >= 11 is 8.37. The number of anilines is 1. The van der Waals surface area contributed by atoms with Crippen LogP contribution in [0.25, 0.3) is 27.3 Å². The molecule has 31 heavy (non-hydrogen) atoms. The fourth-order valence-corrected chi connectivity index (χ4v) is 5.85. The van der Waals surface area contributed by atoms with Crippen molar-refractivity contribution in [2.75, 3.05) is 5.32 Å². The fourth-order valence-electron chi connectivity index (χ4n) is 4.44. The van der Waals surface area contributed by atoms with Gasteiger partial charge in [-0.25, -0.2) is 0 Å². The molecule has 0 fully saturated rings. The number of hydrogen-bond donors (Lipinski definition) is 1. The monoisotopic (exact) mass is 445 g/mol. The maximum atomic E-state index is 6.45. The highest BCUT2D eigenvalue weighted by atomic mass is 35.5. The first kappa shape index (κ1) is 21.7. The summed E-state index contributed by atoms with van der Waals surface area (Å²) in [7, 11) is 0. The quantitative estimate of drug-likeness (QED) is 0.309. The molecule has 0 spiro atoms. The van der Waals surface area contributed by atoms with Gasteiger partial charge in [0.25, 0.3) is 0 Å². The zero-order valence-corrected chi connectivity index (χ0v) is 20.0. The molecule has 0 saturated heterocycles. The molecule has 1 nitrogen and oxygen atoms in total. The van der Waals surface area contributed by atoms with E-state index < -0.39 is 0 Å². The lowest BCUT2D eigenvalue weighted by molar-refractivity contribution is 1.01. The Morgan fingerprint density at radius 1 is 1.19 bits per heavy atom. The molecule has 1 heterocycles. The molecular formula is C28H28ClNS. The van der Waals surface area contributed by atoms with Gasteiger partial charge in [0, 0.05) is 10.3 Å². The summed E-state index contributed by atoms with van der Waals surface area (Å²) in [4.78, 5) is 1.49. The Labute approximate surface area is 194 Å². The van der Waals surface area contributed by atoms with E-state index in [4.69, 9.17) is 11.6 Å². The van der Waals surface area contributed by atoms with Crippen molar-refractivity contribution in [1.82, 2.24) is 0 Å². The molecule has 3 heteroatoms. The van der Waals surface area contributed by atoms with Gasteiger partial charge < -0.3 is 5.32 Å². The number of hydrogen-bond acceptors (Lipinski definition) is 2. The molecule has 3 aromatic rings. The molecule has 2 aliphatic rings. The molecule has 0 atom stereocenters. The highest BCUT2D eigenvalue weighted by Gasteiger charge is 2.26. The van der Waals surface area contributed by atoms with E-state index in [1.807, 2.05) is 44.3 Å². The van der Waals surface area contributed by atoms with Gasteiger partial charge in [-0.1, -0.05) is 74.5 Å². The van der Waals surface area contributed by atoms with E-state index in [1.165, 1.54) is 42.8 Å². The van der Waals surface area contributed by atoms with Crippen LogP contribution in [0.5, 0.6) is 0 Å². The minimum Gasteiger partial charge on any atom is -0.353 e. The van der Waals surface area contributed by atoms with Gasteiger partial charge in [0.15, 0.2) is 0 Å². The SMILES string of the molecule is C=C/C(Cl)=C(\C=C/C)Nc1cc2c(c3c4c(sc13)CCC=C4)Cc1ccccc1-2.CC. The fraction of sp³-hybridized carbons (Fsp3) is 0.214. The number of fused-ring (bicyclic) bond motifs is 7. The Morgan fingerprint density at radius 2 is 2.00 bits per heavy atom. The van der Waals surface area contributed by atoms with E-state index in [0.29, 0.717) is 5.03 Å². The van der Waals surface area contributed by atoms with Gasteiger partial charge in [-0.2, -0.15) is 0 Å². The van der Waals surface area contributed by atoms with Crippen molar-refractivity contribution < 1.29 is 0 Å². The van der Waals surface area contributed by atoms with E-state index in [1.54, 1.807) is 6.08 Å². The third-order valence-corrected chi connectivity index (χ3v) is 7.38. The lowest BCUT2D eigenvalue weighted by atomic mass is 9.95. The van der Waals surface area contributed by atoms with E-state index in [9.17, 15) is 0 Å². The highest BCUT2D eigenvalue weighted by Crippen LogP contribution is 2.49.